The molecule has 16 heavy (non-hydrogen) atoms. The molecule has 1 saturated carbocycles. The van der Waals surface area contributed by atoms with Crippen molar-refractivity contribution in [2.24, 2.45) is 17.3 Å². The molecule has 3 nitrogen and oxygen atoms in total. The minimum Gasteiger partial charge on any atom is -0.481 e. The summed E-state index contributed by atoms with van der Waals surface area (Å²) in [6.45, 7) is 5.93. The second-order valence-corrected chi connectivity index (χ2v) is 5.79. The average Bonchev–Trinajstić information content (AvgIpc) is 2.75. The van der Waals surface area contributed by atoms with Crippen molar-refractivity contribution in [2.75, 3.05) is 5.75 Å². The first-order valence-corrected chi connectivity index (χ1v) is 6.41. The predicted octanol–water partition coefficient (Wildman–Crippen LogP) is 2.89. The van der Waals surface area contributed by atoms with E-state index in [0.717, 1.165) is 12.2 Å². The molecule has 0 amide bonds. The molecule has 0 aliphatic heterocycles. The van der Waals surface area contributed by atoms with Gasteiger partial charge in [0, 0.05) is 0 Å². The monoisotopic (exact) mass is 239 g/mol. The molecule has 1 rings (SSSR count). The average molecular weight is 239 g/mol. The molecule has 88 valence electrons. The third kappa shape index (κ3) is 2.59. The van der Waals surface area contributed by atoms with Gasteiger partial charge in [-0.1, -0.05) is 26.8 Å². The first-order chi connectivity index (χ1) is 7.45. The largest absolute Gasteiger partial charge is 0.481 e. The lowest BCUT2D eigenvalue weighted by Crippen LogP contribution is -2.03. The summed E-state index contributed by atoms with van der Waals surface area (Å²) in [5, 5.41) is 17.9. The lowest BCUT2D eigenvalue weighted by molar-refractivity contribution is -0.139. The summed E-state index contributed by atoms with van der Waals surface area (Å²) in [6.07, 6.45) is 2.85. The Kier molecular flexibility index (Phi) is 4.03. The number of hydrogen-bond acceptors (Lipinski definition) is 3. The van der Waals surface area contributed by atoms with E-state index in [2.05, 4.69) is 13.0 Å². The van der Waals surface area contributed by atoms with Gasteiger partial charge in [-0.25, -0.2) is 0 Å². The Balaban J connectivity index is 2.70. The minimum absolute atomic E-state index is 0.00371. The lowest BCUT2D eigenvalue weighted by Gasteiger charge is -1.98. The van der Waals surface area contributed by atoms with Crippen LogP contribution in [0.3, 0.4) is 0 Å². The number of rotatable bonds is 5. The van der Waals surface area contributed by atoms with E-state index in [9.17, 15) is 4.79 Å². The topological polar surface area (TPSA) is 61.1 Å². The molecular formula is C12H17NO2S. The third-order valence-electron chi connectivity index (χ3n) is 3.08. The van der Waals surface area contributed by atoms with Gasteiger partial charge in [0.15, 0.2) is 0 Å². The zero-order valence-electron chi connectivity index (χ0n) is 9.86. The number of carboxylic acids is 1. The van der Waals surface area contributed by atoms with E-state index in [-0.39, 0.29) is 17.3 Å². The molecule has 4 heteroatoms. The van der Waals surface area contributed by atoms with Crippen LogP contribution in [0.1, 0.15) is 27.2 Å². The highest BCUT2D eigenvalue weighted by Gasteiger charge is 2.61. The smallest absolute Gasteiger partial charge is 0.307 e. The maximum absolute atomic E-state index is 11.0. The van der Waals surface area contributed by atoms with Gasteiger partial charge in [-0.05, 0) is 23.5 Å². The predicted molar refractivity (Wildman–Crippen MR) is 64.8 cm³/mol. The Morgan fingerprint density at radius 2 is 2.25 bits per heavy atom. The summed E-state index contributed by atoms with van der Waals surface area (Å²) >= 11 is 1.51. The molecule has 1 unspecified atom stereocenters. The van der Waals surface area contributed by atoms with Crippen molar-refractivity contribution in [1.29, 1.82) is 5.26 Å². The van der Waals surface area contributed by atoms with E-state index in [1.807, 2.05) is 19.9 Å². The van der Waals surface area contributed by atoms with Crippen LogP contribution in [0.5, 0.6) is 0 Å². The van der Waals surface area contributed by atoms with Crippen molar-refractivity contribution in [1.82, 2.24) is 0 Å². The molecule has 1 aliphatic rings. The maximum atomic E-state index is 11.0. The number of allylic oxidation sites excluding steroid dienone is 2. The van der Waals surface area contributed by atoms with Gasteiger partial charge in [0.25, 0.3) is 0 Å². The zero-order chi connectivity index (χ0) is 12.3. The summed E-state index contributed by atoms with van der Waals surface area (Å²) in [6, 6.07) is 2.14. The number of carboxylic acid groups (broad SMARTS) is 1. The van der Waals surface area contributed by atoms with Crippen LogP contribution in [-0.4, -0.2) is 16.8 Å². The Labute approximate surface area is 101 Å². The van der Waals surface area contributed by atoms with Crippen LogP contribution < -0.4 is 0 Å². The highest BCUT2D eigenvalue weighted by atomic mass is 32.2. The first-order valence-electron chi connectivity index (χ1n) is 5.42. The van der Waals surface area contributed by atoms with Gasteiger partial charge < -0.3 is 5.11 Å². The third-order valence-corrected chi connectivity index (χ3v) is 4.23. The van der Waals surface area contributed by atoms with Crippen LogP contribution >= 0.6 is 11.8 Å². The number of nitrogens with zero attached hydrogens (tertiary/aromatic N) is 1. The highest BCUT2D eigenvalue weighted by Crippen LogP contribution is 2.59. The van der Waals surface area contributed by atoms with Crippen molar-refractivity contribution < 1.29 is 9.90 Å². The summed E-state index contributed by atoms with van der Waals surface area (Å²) in [5.74, 6) is -0.185. The van der Waals surface area contributed by atoms with Gasteiger partial charge in [-0.3, -0.25) is 4.79 Å². The quantitative estimate of drug-likeness (QED) is 0.749. The van der Waals surface area contributed by atoms with E-state index < -0.39 is 5.97 Å². The molecule has 0 radical (unpaired) electrons. The molecule has 0 aromatic rings. The summed E-state index contributed by atoms with van der Waals surface area (Å²) in [7, 11) is 0. The molecule has 0 aromatic heterocycles. The molecule has 0 bridgehead atoms. The summed E-state index contributed by atoms with van der Waals surface area (Å²) in [4.78, 5) is 11.6. The number of thioether (sulfide) groups is 1. The molecule has 0 spiro atoms. The van der Waals surface area contributed by atoms with Gasteiger partial charge >= 0.3 is 5.97 Å². The van der Waals surface area contributed by atoms with Crippen LogP contribution in [-0.2, 0) is 4.79 Å². The molecule has 1 fully saturated rings. The number of hydrogen-bond donors (Lipinski definition) is 1. The van der Waals surface area contributed by atoms with Crippen molar-refractivity contribution in [2.45, 2.75) is 27.2 Å². The SMILES string of the molecule is CCCS/C(C#N)=C/C1[C@@H](C(=O)O)C1(C)C. The summed E-state index contributed by atoms with van der Waals surface area (Å²) in [5.41, 5.74) is -0.208. The molecule has 0 heterocycles. The molecule has 0 aromatic carbocycles. The van der Waals surface area contributed by atoms with Crippen molar-refractivity contribution in [3.63, 3.8) is 0 Å². The first kappa shape index (κ1) is 13.1. The van der Waals surface area contributed by atoms with Gasteiger partial charge in [0.2, 0.25) is 0 Å². The Morgan fingerprint density at radius 1 is 1.62 bits per heavy atom. The number of nitriles is 1. The van der Waals surface area contributed by atoms with Crippen LogP contribution in [0.4, 0.5) is 0 Å². The van der Waals surface area contributed by atoms with E-state index in [0.29, 0.717) is 4.91 Å². The fraction of sp³-hybridized carbons (Fsp3) is 0.667. The molecule has 2 atom stereocenters. The Morgan fingerprint density at radius 3 is 2.62 bits per heavy atom. The van der Waals surface area contributed by atoms with Crippen LogP contribution in [0, 0.1) is 28.6 Å². The molecular weight excluding hydrogens is 222 g/mol. The van der Waals surface area contributed by atoms with Gasteiger partial charge in [0.05, 0.1) is 10.8 Å². The van der Waals surface area contributed by atoms with Crippen LogP contribution in [0.15, 0.2) is 11.0 Å². The second kappa shape index (κ2) is 4.92. The van der Waals surface area contributed by atoms with Gasteiger partial charge in [-0.2, -0.15) is 5.26 Å². The van der Waals surface area contributed by atoms with Crippen molar-refractivity contribution in [3.8, 4) is 6.07 Å². The lowest BCUT2D eigenvalue weighted by atomic mass is 10.1. The second-order valence-electron chi connectivity index (χ2n) is 4.65. The minimum atomic E-state index is -0.760. The van der Waals surface area contributed by atoms with Crippen LogP contribution in [0.25, 0.3) is 0 Å². The number of aliphatic carboxylic acids is 1. The fourth-order valence-corrected chi connectivity index (χ4v) is 2.68. The molecule has 0 saturated heterocycles. The zero-order valence-corrected chi connectivity index (χ0v) is 10.7. The normalized spacial score (nSPS) is 27.2. The Bertz CT molecular complexity index is 355. The van der Waals surface area contributed by atoms with Gasteiger partial charge in [0.1, 0.15) is 6.07 Å². The highest BCUT2D eigenvalue weighted by molar-refractivity contribution is 8.03. The van der Waals surface area contributed by atoms with E-state index >= 15 is 0 Å². The van der Waals surface area contributed by atoms with E-state index in [4.69, 9.17) is 10.4 Å². The van der Waals surface area contributed by atoms with E-state index in [1.165, 1.54) is 11.8 Å². The van der Waals surface area contributed by atoms with Gasteiger partial charge in [-0.15, -0.1) is 11.8 Å². The Hall–Kier alpha value is -0.950. The van der Waals surface area contributed by atoms with Crippen molar-refractivity contribution in [3.05, 3.63) is 11.0 Å². The van der Waals surface area contributed by atoms with E-state index in [1.54, 1.807) is 0 Å². The number of carbonyl (C=O) groups is 1. The van der Waals surface area contributed by atoms with Crippen LogP contribution in [0.2, 0.25) is 0 Å². The fourth-order valence-electron chi connectivity index (χ4n) is 1.95. The maximum Gasteiger partial charge on any atom is 0.307 e. The summed E-state index contributed by atoms with van der Waals surface area (Å²) < 4.78 is 0. The molecule has 1 N–H and O–H groups in total. The standard InChI is InChI=1S/C12H17NO2S/c1-4-5-16-8(7-13)6-9-10(11(14)15)12(9,2)3/h6,9-10H,4-5H2,1-3H3,(H,14,15)/b8-6+/t9?,10-/m0/s1. The molecule has 1 aliphatic carbocycles. The van der Waals surface area contributed by atoms with Crippen molar-refractivity contribution >= 4 is 17.7 Å².